The number of aromatic nitrogens is 1. The van der Waals surface area contributed by atoms with Gasteiger partial charge in [-0.05, 0) is 30.5 Å². The number of amides is 1. The van der Waals surface area contributed by atoms with Gasteiger partial charge in [-0.15, -0.1) is 0 Å². The summed E-state index contributed by atoms with van der Waals surface area (Å²) in [4.78, 5) is 16.2. The van der Waals surface area contributed by atoms with Crippen LogP contribution in [0, 0.1) is 5.41 Å². The summed E-state index contributed by atoms with van der Waals surface area (Å²) in [5, 5.41) is 2.97. The lowest BCUT2D eigenvalue weighted by molar-refractivity contribution is -0.135. The Morgan fingerprint density at radius 3 is 3.00 bits per heavy atom. The summed E-state index contributed by atoms with van der Waals surface area (Å²) in [6.07, 6.45) is 4.31. The molecule has 19 heavy (non-hydrogen) atoms. The predicted octanol–water partition coefficient (Wildman–Crippen LogP) is 1.57. The Labute approximate surface area is 111 Å². The van der Waals surface area contributed by atoms with Crippen molar-refractivity contribution in [3.05, 3.63) is 30.2 Å². The zero-order valence-corrected chi connectivity index (χ0v) is 10.7. The first-order valence-electron chi connectivity index (χ1n) is 6.54. The lowest BCUT2D eigenvalue weighted by atomic mass is 9.68. The normalized spacial score (nSPS) is 17.1. The van der Waals surface area contributed by atoms with Gasteiger partial charge >= 0.3 is 0 Å². The van der Waals surface area contributed by atoms with E-state index in [0.717, 1.165) is 35.9 Å². The summed E-state index contributed by atoms with van der Waals surface area (Å²) in [6, 6.07) is 5.74. The van der Waals surface area contributed by atoms with E-state index in [9.17, 15) is 4.79 Å². The van der Waals surface area contributed by atoms with Crippen LogP contribution in [0.2, 0.25) is 0 Å². The zero-order chi connectivity index (χ0) is 13.3. The molecule has 100 valence electrons. The number of carbonyl (C=O) groups is 1. The zero-order valence-electron chi connectivity index (χ0n) is 10.7. The van der Waals surface area contributed by atoms with Gasteiger partial charge in [0.15, 0.2) is 12.0 Å². The largest absolute Gasteiger partial charge is 0.443 e. The Morgan fingerprint density at radius 1 is 1.47 bits per heavy atom. The van der Waals surface area contributed by atoms with Crippen molar-refractivity contribution in [3.63, 3.8) is 0 Å². The van der Waals surface area contributed by atoms with Crippen molar-refractivity contribution in [1.82, 2.24) is 10.3 Å². The lowest BCUT2D eigenvalue weighted by Crippen LogP contribution is -2.50. The van der Waals surface area contributed by atoms with E-state index in [1.807, 2.05) is 18.2 Å². The highest BCUT2D eigenvalue weighted by molar-refractivity contribution is 5.84. The second-order valence-corrected chi connectivity index (χ2v) is 5.18. The van der Waals surface area contributed by atoms with Crippen LogP contribution >= 0.6 is 0 Å². The van der Waals surface area contributed by atoms with Crippen molar-refractivity contribution in [3.8, 4) is 0 Å². The summed E-state index contributed by atoms with van der Waals surface area (Å²) in [7, 11) is 0. The minimum atomic E-state index is -0.323. The Balaban J connectivity index is 1.66. The summed E-state index contributed by atoms with van der Waals surface area (Å²) in [6.45, 7) is 0.928. The Bertz CT molecular complexity index is 596. The van der Waals surface area contributed by atoms with Crippen molar-refractivity contribution in [2.45, 2.75) is 25.8 Å². The second-order valence-electron chi connectivity index (χ2n) is 5.18. The molecule has 0 radical (unpaired) electrons. The topological polar surface area (TPSA) is 81.2 Å². The van der Waals surface area contributed by atoms with Crippen LogP contribution in [-0.4, -0.2) is 17.4 Å². The second kappa shape index (κ2) is 4.66. The van der Waals surface area contributed by atoms with E-state index in [2.05, 4.69) is 10.3 Å². The molecule has 0 aliphatic heterocycles. The molecule has 0 saturated heterocycles. The molecule has 1 fully saturated rings. The van der Waals surface area contributed by atoms with Crippen LogP contribution in [-0.2, 0) is 11.3 Å². The molecule has 5 heteroatoms. The van der Waals surface area contributed by atoms with Gasteiger partial charge in [-0.1, -0.05) is 12.5 Å². The summed E-state index contributed by atoms with van der Waals surface area (Å²) < 4.78 is 5.24. The van der Waals surface area contributed by atoms with Crippen molar-refractivity contribution < 1.29 is 9.21 Å². The number of oxazole rings is 1. The molecule has 0 atom stereocenters. The number of hydrogen-bond donors (Lipinski definition) is 2. The quantitative estimate of drug-likeness (QED) is 0.873. The van der Waals surface area contributed by atoms with Crippen molar-refractivity contribution in [1.29, 1.82) is 0 Å². The number of nitrogens with two attached hydrogens (primary N) is 1. The highest BCUT2D eigenvalue weighted by Gasteiger charge is 2.42. The molecule has 1 aromatic carbocycles. The molecule has 5 nitrogen and oxygen atoms in total. The van der Waals surface area contributed by atoms with Crippen molar-refractivity contribution in [2.75, 3.05) is 6.54 Å². The van der Waals surface area contributed by atoms with Crippen LogP contribution in [0.25, 0.3) is 11.1 Å². The third kappa shape index (κ3) is 2.10. The number of benzene rings is 1. The highest BCUT2D eigenvalue weighted by atomic mass is 16.3. The molecule has 3 N–H and O–H groups in total. The summed E-state index contributed by atoms with van der Waals surface area (Å²) >= 11 is 0. The third-order valence-corrected chi connectivity index (χ3v) is 4.03. The minimum Gasteiger partial charge on any atom is -0.443 e. The van der Waals surface area contributed by atoms with E-state index < -0.39 is 0 Å². The Kier molecular flexibility index (Phi) is 2.98. The van der Waals surface area contributed by atoms with E-state index in [1.54, 1.807) is 0 Å². The fraction of sp³-hybridized carbons (Fsp3) is 0.429. The standard InChI is InChI=1S/C14H17N3O2/c15-8-14(4-1-5-14)13(18)16-7-10-2-3-11-12(6-10)19-9-17-11/h2-3,6,9H,1,4-5,7-8,15H2,(H,16,18). The first-order valence-corrected chi connectivity index (χ1v) is 6.54. The van der Waals surface area contributed by atoms with Gasteiger partial charge in [-0.3, -0.25) is 4.79 Å². The first-order chi connectivity index (χ1) is 9.23. The van der Waals surface area contributed by atoms with Gasteiger partial charge in [0.1, 0.15) is 5.52 Å². The van der Waals surface area contributed by atoms with E-state index in [1.165, 1.54) is 6.39 Å². The number of carbonyl (C=O) groups excluding carboxylic acids is 1. The number of fused-ring (bicyclic) bond motifs is 1. The van der Waals surface area contributed by atoms with Crippen LogP contribution in [0.5, 0.6) is 0 Å². The molecular formula is C14H17N3O2. The number of nitrogens with zero attached hydrogens (tertiary/aromatic N) is 1. The van der Waals surface area contributed by atoms with Gasteiger partial charge in [-0.2, -0.15) is 0 Å². The molecule has 1 heterocycles. The van der Waals surface area contributed by atoms with E-state index in [4.69, 9.17) is 10.2 Å². The van der Waals surface area contributed by atoms with Gasteiger partial charge < -0.3 is 15.5 Å². The predicted molar refractivity (Wildman–Crippen MR) is 71.2 cm³/mol. The molecule has 1 aliphatic carbocycles. The Hall–Kier alpha value is -1.88. The van der Waals surface area contributed by atoms with Gasteiger partial charge in [0.25, 0.3) is 0 Å². The number of rotatable bonds is 4. The summed E-state index contributed by atoms with van der Waals surface area (Å²) in [5.74, 6) is 0.0684. The van der Waals surface area contributed by atoms with Crippen LogP contribution in [0.15, 0.2) is 29.0 Å². The molecule has 1 aliphatic rings. The average molecular weight is 259 g/mol. The smallest absolute Gasteiger partial charge is 0.227 e. The van der Waals surface area contributed by atoms with E-state index in [0.29, 0.717) is 13.1 Å². The molecule has 0 unspecified atom stereocenters. The van der Waals surface area contributed by atoms with Crippen LogP contribution in [0.1, 0.15) is 24.8 Å². The van der Waals surface area contributed by atoms with Crippen LogP contribution in [0.3, 0.4) is 0 Å². The van der Waals surface area contributed by atoms with Crippen molar-refractivity contribution >= 4 is 17.0 Å². The van der Waals surface area contributed by atoms with E-state index >= 15 is 0 Å². The number of nitrogens with one attached hydrogen (secondary N) is 1. The molecule has 0 bridgehead atoms. The van der Waals surface area contributed by atoms with E-state index in [-0.39, 0.29) is 11.3 Å². The van der Waals surface area contributed by atoms with Crippen molar-refractivity contribution in [2.24, 2.45) is 11.1 Å². The maximum absolute atomic E-state index is 12.1. The molecule has 0 spiro atoms. The molecule has 2 aromatic rings. The first kappa shape index (κ1) is 12.2. The third-order valence-electron chi connectivity index (χ3n) is 4.03. The Morgan fingerprint density at radius 2 is 2.32 bits per heavy atom. The molecule has 1 aromatic heterocycles. The van der Waals surface area contributed by atoms with Crippen LogP contribution < -0.4 is 11.1 Å². The maximum Gasteiger partial charge on any atom is 0.227 e. The fourth-order valence-corrected chi connectivity index (χ4v) is 2.51. The van der Waals surface area contributed by atoms with Gasteiger partial charge in [-0.25, -0.2) is 4.98 Å². The maximum atomic E-state index is 12.1. The van der Waals surface area contributed by atoms with Gasteiger partial charge in [0.2, 0.25) is 5.91 Å². The molecule has 1 saturated carbocycles. The van der Waals surface area contributed by atoms with Gasteiger partial charge in [0.05, 0.1) is 5.41 Å². The van der Waals surface area contributed by atoms with Crippen LogP contribution in [0.4, 0.5) is 0 Å². The fourth-order valence-electron chi connectivity index (χ4n) is 2.51. The molecular weight excluding hydrogens is 242 g/mol. The monoisotopic (exact) mass is 259 g/mol. The summed E-state index contributed by atoms with van der Waals surface area (Å²) in [5.41, 5.74) is 7.96. The lowest BCUT2D eigenvalue weighted by Gasteiger charge is -2.39. The number of hydrogen-bond acceptors (Lipinski definition) is 4. The molecule has 1 amide bonds. The van der Waals surface area contributed by atoms with Gasteiger partial charge in [0, 0.05) is 13.1 Å². The SMILES string of the molecule is NCC1(C(=O)NCc2ccc3ncoc3c2)CCC1. The average Bonchev–Trinajstić information content (AvgIpc) is 2.83. The molecule has 3 rings (SSSR count). The minimum absolute atomic E-state index is 0.0684. The highest BCUT2D eigenvalue weighted by Crippen LogP contribution is 2.40.